The number of hydrogen-bond acceptors (Lipinski definition) is 3. The fourth-order valence-electron chi connectivity index (χ4n) is 2.69. The summed E-state index contributed by atoms with van der Waals surface area (Å²) < 4.78 is 10.5. The number of para-hydroxylation sites is 1. The summed E-state index contributed by atoms with van der Waals surface area (Å²) in [6.45, 7) is 0.511. The Hall–Kier alpha value is -2.66. The zero-order valence-electron chi connectivity index (χ0n) is 14.1. The van der Waals surface area contributed by atoms with E-state index in [1.807, 2.05) is 30.3 Å². The second kappa shape index (κ2) is 7.49. The summed E-state index contributed by atoms with van der Waals surface area (Å²) in [5.41, 5.74) is 2.32. The van der Waals surface area contributed by atoms with Gasteiger partial charge in [0.25, 0.3) is 5.91 Å². The first kappa shape index (κ1) is 17.2. The van der Waals surface area contributed by atoms with Crippen molar-refractivity contribution in [2.24, 2.45) is 0 Å². The Bertz CT molecular complexity index is 905. The zero-order valence-corrected chi connectivity index (χ0v) is 14.8. The number of H-pyrrole nitrogens is 1. The number of benzene rings is 2. The molecule has 3 rings (SSSR count). The standard InChI is InChI=1S/C19H19ClN2O3/c1-24-16-7-6-12(10-17(16)25-2)8-9-21-19(23)15-11-13-4-3-5-14(20)18(13)22-15/h3-7,10-11,22H,8-9H2,1-2H3,(H,21,23). The Morgan fingerprint density at radius 2 is 1.92 bits per heavy atom. The van der Waals surface area contributed by atoms with Crippen molar-refractivity contribution >= 4 is 28.4 Å². The van der Waals surface area contributed by atoms with Crippen LogP contribution in [-0.2, 0) is 6.42 Å². The predicted octanol–water partition coefficient (Wildman–Crippen LogP) is 3.81. The maximum atomic E-state index is 12.3. The summed E-state index contributed by atoms with van der Waals surface area (Å²) >= 11 is 6.13. The third-order valence-corrected chi connectivity index (χ3v) is 4.31. The highest BCUT2D eigenvalue weighted by atomic mass is 35.5. The van der Waals surface area contributed by atoms with Crippen LogP contribution < -0.4 is 14.8 Å². The first-order chi connectivity index (χ1) is 12.1. The molecule has 0 spiro atoms. The molecular weight excluding hydrogens is 340 g/mol. The monoisotopic (exact) mass is 358 g/mol. The van der Waals surface area contributed by atoms with Gasteiger partial charge in [-0.15, -0.1) is 0 Å². The third-order valence-electron chi connectivity index (χ3n) is 4.00. The molecular formula is C19H19ClN2O3. The van der Waals surface area contributed by atoms with Crippen molar-refractivity contribution < 1.29 is 14.3 Å². The Morgan fingerprint density at radius 3 is 2.64 bits per heavy atom. The summed E-state index contributed by atoms with van der Waals surface area (Å²) in [4.78, 5) is 15.4. The van der Waals surface area contributed by atoms with Crippen LogP contribution in [0.15, 0.2) is 42.5 Å². The molecule has 1 aromatic heterocycles. The van der Waals surface area contributed by atoms with E-state index >= 15 is 0 Å². The number of carbonyl (C=O) groups is 1. The Labute approximate surface area is 150 Å². The molecule has 0 radical (unpaired) electrons. The Morgan fingerprint density at radius 1 is 1.12 bits per heavy atom. The molecule has 0 aliphatic heterocycles. The quantitative estimate of drug-likeness (QED) is 0.704. The predicted molar refractivity (Wildman–Crippen MR) is 98.9 cm³/mol. The molecule has 0 aliphatic carbocycles. The molecule has 1 amide bonds. The smallest absolute Gasteiger partial charge is 0.267 e. The van der Waals surface area contributed by atoms with Crippen LogP contribution in [0.1, 0.15) is 16.1 Å². The molecule has 130 valence electrons. The molecule has 2 N–H and O–H groups in total. The molecule has 1 heterocycles. The number of aromatic nitrogens is 1. The molecule has 6 heteroatoms. The molecule has 0 atom stereocenters. The van der Waals surface area contributed by atoms with Crippen LogP contribution in [0.5, 0.6) is 11.5 Å². The maximum absolute atomic E-state index is 12.3. The van der Waals surface area contributed by atoms with Gasteiger partial charge in [-0.1, -0.05) is 29.8 Å². The fourth-order valence-corrected chi connectivity index (χ4v) is 2.92. The SMILES string of the molecule is COc1ccc(CCNC(=O)c2cc3cccc(Cl)c3[nH]2)cc1OC. The number of methoxy groups -OCH3 is 2. The molecule has 5 nitrogen and oxygen atoms in total. The normalized spacial score (nSPS) is 10.7. The maximum Gasteiger partial charge on any atom is 0.267 e. The van der Waals surface area contributed by atoms with Crippen LogP contribution in [0.3, 0.4) is 0 Å². The Kier molecular flexibility index (Phi) is 5.14. The lowest BCUT2D eigenvalue weighted by molar-refractivity contribution is 0.0950. The van der Waals surface area contributed by atoms with Crippen LogP contribution in [0.4, 0.5) is 0 Å². The van der Waals surface area contributed by atoms with Crippen molar-refractivity contribution in [1.82, 2.24) is 10.3 Å². The van der Waals surface area contributed by atoms with E-state index in [4.69, 9.17) is 21.1 Å². The number of hydrogen-bond donors (Lipinski definition) is 2. The minimum atomic E-state index is -0.159. The Balaban J connectivity index is 1.63. The third kappa shape index (κ3) is 3.72. The number of carbonyl (C=O) groups excluding carboxylic acids is 1. The molecule has 25 heavy (non-hydrogen) atoms. The molecule has 0 saturated carbocycles. The van der Waals surface area contributed by atoms with Crippen molar-refractivity contribution in [2.75, 3.05) is 20.8 Å². The molecule has 0 saturated heterocycles. The zero-order chi connectivity index (χ0) is 17.8. The van der Waals surface area contributed by atoms with E-state index in [-0.39, 0.29) is 5.91 Å². The summed E-state index contributed by atoms with van der Waals surface area (Å²) in [5.74, 6) is 1.20. The van der Waals surface area contributed by atoms with E-state index in [0.717, 1.165) is 16.5 Å². The minimum absolute atomic E-state index is 0.159. The molecule has 0 unspecified atom stereocenters. The van der Waals surface area contributed by atoms with Gasteiger partial charge in [-0.05, 0) is 36.2 Å². The average molecular weight is 359 g/mol. The lowest BCUT2D eigenvalue weighted by Crippen LogP contribution is -2.25. The second-order valence-electron chi connectivity index (χ2n) is 5.58. The van der Waals surface area contributed by atoms with Gasteiger partial charge in [-0.3, -0.25) is 4.79 Å². The van der Waals surface area contributed by atoms with Crippen LogP contribution >= 0.6 is 11.6 Å². The number of nitrogens with one attached hydrogen (secondary N) is 2. The van der Waals surface area contributed by atoms with Gasteiger partial charge in [0.05, 0.1) is 24.8 Å². The number of aromatic amines is 1. The van der Waals surface area contributed by atoms with Gasteiger partial charge in [-0.2, -0.15) is 0 Å². The van der Waals surface area contributed by atoms with Gasteiger partial charge in [0.15, 0.2) is 11.5 Å². The van der Waals surface area contributed by atoms with Crippen LogP contribution in [-0.4, -0.2) is 31.7 Å². The van der Waals surface area contributed by atoms with Gasteiger partial charge >= 0.3 is 0 Å². The summed E-state index contributed by atoms with van der Waals surface area (Å²) in [6, 6.07) is 13.1. The first-order valence-corrected chi connectivity index (χ1v) is 8.26. The van der Waals surface area contributed by atoms with E-state index in [9.17, 15) is 4.79 Å². The largest absolute Gasteiger partial charge is 0.493 e. The number of rotatable bonds is 6. The van der Waals surface area contributed by atoms with Gasteiger partial charge in [0, 0.05) is 11.9 Å². The molecule has 3 aromatic rings. The van der Waals surface area contributed by atoms with E-state index in [0.29, 0.717) is 35.2 Å². The second-order valence-corrected chi connectivity index (χ2v) is 5.99. The molecule has 0 aliphatic rings. The highest BCUT2D eigenvalue weighted by Crippen LogP contribution is 2.27. The van der Waals surface area contributed by atoms with Crippen molar-refractivity contribution in [3.63, 3.8) is 0 Å². The van der Waals surface area contributed by atoms with Crippen LogP contribution in [0, 0.1) is 0 Å². The van der Waals surface area contributed by atoms with E-state index in [2.05, 4.69) is 10.3 Å². The molecule has 0 fully saturated rings. The van der Waals surface area contributed by atoms with E-state index < -0.39 is 0 Å². The number of fused-ring (bicyclic) bond motifs is 1. The van der Waals surface area contributed by atoms with Crippen molar-refractivity contribution in [1.29, 1.82) is 0 Å². The lowest BCUT2D eigenvalue weighted by atomic mass is 10.1. The van der Waals surface area contributed by atoms with Crippen molar-refractivity contribution in [3.05, 3.63) is 58.7 Å². The topological polar surface area (TPSA) is 63.3 Å². The van der Waals surface area contributed by atoms with Crippen LogP contribution in [0.2, 0.25) is 5.02 Å². The summed E-state index contributed by atoms with van der Waals surface area (Å²) in [6.07, 6.45) is 0.688. The first-order valence-electron chi connectivity index (χ1n) is 7.88. The van der Waals surface area contributed by atoms with E-state index in [1.165, 1.54) is 0 Å². The number of halogens is 1. The van der Waals surface area contributed by atoms with Crippen LogP contribution in [0.25, 0.3) is 10.9 Å². The highest BCUT2D eigenvalue weighted by Gasteiger charge is 2.11. The van der Waals surface area contributed by atoms with E-state index in [1.54, 1.807) is 26.4 Å². The number of amides is 1. The van der Waals surface area contributed by atoms with Crippen molar-refractivity contribution in [2.45, 2.75) is 6.42 Å². The highest BCUT2D eigenvalue weighted by molar-refractivity contribution is 6.35. The van der Waals surface area contributed by atoms with Gasteiger partial charge in [-0.25, -0.2) is 0 Å². The minimum Gasteiger partial charge on any atom is -0.493 e. The lowest BCUT2D eigenvalue weighted by Gasteiger charge is -2.10. The van der Waals surface area contributed by atoms with Gasteiger partial charge in [0.2, 0.25) is 0 Å². The van der Waals surface area contributed by atoms with Gasteiger partial charge in [0.1, 0.15) is 5.69 Å². The van der Waals surface area contributed by atoms with Gasteiger partial charge < -0.3 is 19.8 Å². The van der Waals surface area contributed by atoms with Crippen molar-refractivity contribution in [3.8, 4) is 11.5 Å². The number of ether oxygens (including phenoxy) is 2. The summed E-state index contributed by atoms with van der Waals surface area (Å²) in [5, 5.41) is 4.42. The molecule has 2 aromatic carbocycles. The fraction of sp³-hybridized carbons (Fsp3) is 0.211. The summed E-state index contributed by atoms with van der Waals surface area (Å²) in [7, 11) is 3.20. The molecule has 0 bridgehead atoms. The average Bonchev–Trinajstić information content (AvgIpc) is 3.07.